The van der Waals surface area contributed by atoms with Crippen molar-refractivity contribution < 1.29 is 4.79 Å². The molecule has 0 amide bonds. The Balaban J connectivity index is 2.50. The van der Waals surface area contributed by atoms with Crippen molar-refractivity contribution in [2.45, 2.75) is 26.8 Å². The zero-order valence-corrected chi connectivity index (χ0v) is 10.3. The lowest BCUT2D eigenvalue weighted by molar-refractivity contribution is 0.112. The summed E-state index contributed by atoms with van der Waals surface area (Å²) < 4.78 is 3.55. The van der Waals surface area contributed by atoms with Gasteiger partial charge < -0.3 is 0 Å². The zero-order valence-electron chi connectivity index (χ0n) is 10.3. The second kappa shape index (κ2) is 4.53. The quantitative estimate of drug-likeness (QED) is 0.755. The summed E-state index contributed by atoms with van der Waals surface area (Å²) in [4.78, 5) is 11.1. The summed E-state index contributed by atoms with van der Waals surface area (Å²) >= 11 is 0. The number of aldehydes is 1. The van der Waals surface area contributed by atoms with Gasteiger partial charge in [0.2, 0.25) is 0 Å². The van der Waals surface area contributed by atoms with Crippen molar-refractivity contribution in [1.29, 1.82) is 0 Å². The summed E-state index contributed by atoms with van der Waals surface area (Å²) in [5.41, 5.74) is 3.15. The Kier molecular flexibility index (Phi) is 3.08. The van der Waals surface area contributed by atoms with Crippen LogP contribution in [-0.4, -0.2) is 25.8 Å². The van der Waals surface area contributed by atoms with Gasteiger partial charge in [-0.1, -0.05) is 6.92 Å². The summed E-state index contributed by atoms with van der Waals surface area (Å²) in [6.45, 7) is 4.82. The number of carbonyl (C=O) groups is 1. The molecule has 0 saturated heterocycles. The molecule has 0 radical (unpaired) electrons. The molecular weight excluding hydrogens is 216 g/mol. The maximum atomic E-state index is 11.1. The molecule has 0 aliphatic carbocycles. The van der Waals surface area contributed by atoms with Gasteiger partial charge in [0.05, 0.1) is 11.3 Å². The molecule has 0 aliphatic rings. The Morgan fingerprint density at radius 2 is 2.12 bits per heavy atom. The molecule has 0 aliphatic heterocycles. The molecule has 90 valence electrons. The van der Waals surface area contributed by atoms with E-state index in [1.165, 1.54) is 0 Å². The van der Waals surface area contributed by atoms with Crippen LogP contribution in [0.2, 0.25) is 0 Å². The minimum absolute atomic E-state index is 0.620. The topological polar surface area (TPSA) is 52.7 Å². The molecule has 0 spiro atoms. The van der Waals surface area contributed by atoms with Gasteiger partial charge in [-0.2, -0.15) is 10.2 Å². The molecule has 2 aromatic heterocycles. The molecule has 2 heterocycles. The Labute approximate surface area is 100 Å². The van der Waals surface area contributed by atoms with Crippen molar-refractivity contribution in [3.63, 3.8) is 0 Å². The van der Waals surface area contributed by atoms with E-state index in [1.807, 2.05) is 24.9 Å². The molecule has 0 bridgehead atoms. The third-order valence-corrected chi connectivity index (χ3v) is 2.64. The van der Waals surface area contributed by atoms with E-state index in [0.717, 1.165) is 36.2 Å². The molecule has 2 aromatic rings. The molecule has 0 atom stereocenters. The van der Waals surface area contributed by atoms with E-state index < -0.39 is 0 Å². The van der Waals surface area contributed by atoms with Crippen LogP contribution in [0, 0.1) is 6.92 Å². The second-order valence-corrected chi connectivity index (χ2v) is 4.12. The Bertz CT molecular complexity index is 539. The van der Waals surface area contributed by atoms with Gasteiger partial charge >= 0.3 is 0 Å². The smallest absolute Gasteiger partial charge is 0.153 e. The van der Waals surface area contributed by atoms with E-state index in [2.05, 4.69) is 17.1 Å². The number of aromatic nitrogens is 4. The molecule has 17 heavy (non-hydrogen) atoms. The molecule has 0 aromatic carbocycles. The highest BCUT2D eigenvalue weighted by atomic mass is 16.1. The first-order valence-corrected chi connectivity index (χ1v) is 5.69. The Hall–Kier alpha value is -1.91. The van der Waals surface area contributed by atoms with E-state index in [9.17, 15) is 4.79 Å². The molecule has 5 nitrogen and oxygen atoms in total. The fourth-order valence-electron chi connectivity index (χ4n) is 1.91. The first-order chi connectivity index (χ1) is 8.15. The van der Waals surface area contributed by atoms with Crippen molar-refractivity contribution in [3.05, 3.63) is 23.7 Å². The normalized spacial score (nSPS) is 10.8. The lowest BCUT2D eigenvalue weighted by Gasteiger charge is -1.96. The first kappa shape index (κ1) is 11.6. The van der Waals surface area contributed by atoms with Crippen molar-refractivity contribution in [2.24, 2.45) is 7.05 Å². The van der Waals surface area contributed by atoms with Crippen LogP contribution in [0.15, 0.2) is 12.4 Å². The molecule has 2 rings (SSSR count). The summed E-state index contributed by atoms with van der Waals surface area (Å²) in [6, 6.07) is 0. The molecular formula is C12H16N4O. The van der Waals surface area contributed by atoms with Crippen molar-refractivity contribution in [2.75, 3.05) is 0 Å². The van der Waals surface area contributed by atoms with Gasteiger partial charge in [-0.15, -0.1) is 0 Å². The highest BCUT2D eigenvalue weighted by molar-refractivity contribution is 5.85. The largest absolute Gasteiger partial charge is 0.298 e. The van der Waals surface area contributed by atoms with E-state index in [-0.39, 0.29) is 0 Å². The second-order valence-electron chi connectivity index (χ2n) is 4.12. The lowest BCUT2D eigenvalue weighted by atomic mass is 10.1. The summed E-state index contributed by atoms with van der Waals surface area (Å²) in [6.07, 6.45) is 5.52. The van der Waals surface area contributed by atoms with Gasteiger partial charge in [-0.05, 0) is 13.3 Å². The van der Waals surface area contributed by atoms with Crippen molar-refractivity contribution >= 4 is 6.29 Å². The molecule has 0 fully saturated rings. The van der Waals surface area contributed by atoms with Gasteiger partial charge in [0.15, 0.2) is 6.29 Å². The Morgan fingerprint density at radius 1 is 1.35 bits per heavy atom. The number of nitrogens with zero attached hydrogens (tertiary/aromatic N) is 4. The van der Waals surface area contributed by atoms with Crippen LogP contribution >= 0.6 is 0 Å². The average Bonchev–Trinajstić information content (AvgIpc) is 2.82. The van der Waals surface area contributed by atoms with Crippen LogP contribution in [0.1, 0.15) is 29.4 Å². The highest BCUT2D eigenvalue weighted by Gasteiger charge is 2.14. The van der Waals surface area contributed by atoms with E-state index in [4.69, 9.17) is 0 Å². The van der Waals surface area contributed by atoms with Crippen LogP contribution in [0.4, 0.5) is 0 Å². The monoisotopic (exact) mass is 232 g/mol. The summed E-state index contributed by atoms with van der Waals surface area (Å²) in [5, 5.41) is 8.72. The third-order valence-electron chi connectivity index (χ3n) is 2.64. The summed E-state index contributed by atoms with van der Waals surface area (Å²) in [7, 11) is 1.86. The number of rotatable bonds is 4. The van der Waals surface area contributed by atoms with Gasteiger partial charge in [-0.3, -0.25) is 14.2 Å². The average molecular weight is 232 g/mol. The Morgan fingerprint density at radius 3 is 2.65 bits per heavy atom. The zero-order chi connectivity index (χ0) is 12.4. The van der Waals surface area contributed by atoms with Crippen LogP contribution < -0.4 is 0 Å². The van der Waals surface area contributed by atoms with E-state index in [1.54, 1.807) is 10.9 Å². The number of hydrogen-bond donors (Lipinski definition) is 0. The predicted molar refractivity (Wildman–Crippen MR) is 64.8 cm³/mol. The van der Waals surface area contributed by atoms with Gasteiger partial charge in [0, 0.05) is 31.5 Å². The molecule has 0 saturated carbocycles. The van der Waals surface area contributed by atoms with Crippen LogP contribution in [0.3, 0.4) is 0 Å². The fourth-order valence-corrected chi connectivity index (χ4v) is 1.91. The minimum atomic E-state index is 0.620. The predicted octanol–water partition coefficient (Wildman–Crippen LogP) is 1.81. The standard InChI is InChI=1S/C12H16N4O/c1-4-5-16-6-10(8-17)12(14-16)11-7-15(3)13-9(11)2/h6-8H,4-5H2,1-3H3. The van der Waals surface area contributed by atoms with Crippen LogP contribution in [-0.2, 0) is 13.6 Å². The summed E-state index contributed by atoms with van der Waals surface area (Å²) in [5.74, 6) is 0. The van der Waals surface area contributed by atoms with Crippen molar-refractivity contribution in [3.8, 4) is 11.3 Å². The van der Waals surface area contributed by atoms with Gasteiger partial charge in [0.25, 0.3) is 0 Å². The maximum Gasteiger partial charge on any atom is 0.153 e. The fraction of sp³-hybridized carbons (Fsp3) is 0.417. The highest BCUT2D eigenvalue weighted by Crippen LogP contribution is 2.23. The molecule has 0 unspecified atom stereocenters. The van der Waals surface area contributed by atoms with Crippen molar-refractivity contribution in [1.82, 2.24) is 19.6 Å². The molecule has 5 heteroatoms. The SMILES string of the molecule is CCCn1cc(C=O)c(-c2cn(C)nc2C)n1. The van der Waals surface area contributed by atoms with E-state index in [0.29, 0.717) is 5.56 Å². The van der Waals surface area contributed by atoms with Crippen LogP contribution in [0.25, 0.3) is 11.3 Å². The molecule has 0 N–H and O–H groups in total. The minimum Gasteiger partial charge on any atom is -0.298 e. The van der Waals surface area contributed by atoms with Crippen LogP contribution in [0.5, 0.6) is 0 Å². The number of carbonyl (C=O) groups excluding carboxylic acids is 1. The first-order valence-electron chi connectivity index (χ1n) is 5.69. The number of hydrogen-bond acceptors (Lipinski definition) is 3. The third kappa shape index (κ3) is 2.13. The lowest BCUT2D eigenvalue weighted by Crippen LogP contribution is -1.96. The number of aryl methyl sites for hydroxylation is 3. The van der Waals surface area contributed by atoms with Gasteiger partial charge in [-0.25, -0.2) is 0 Å². The van der Waals surface area contributed by atoms with E-state index >= 15 is 0 Å². The maximum absolute atomic E-state index is 11.1. The van der Waals surface area contributed by atoms with Gasteiger partial charge in [0.1, 0.15) is 5.69 Å².